The average Bonchev–Trinajstić information content (AvgIpc) is 2.78. The number of hydrogen-bond acceptors (Lipinski definition) is 3. The summed E-state index contributed by atoms with van der Waals surface area (Å²) in [6, 6.07) is 4.56. The van der Waals surface area contributed by atoms with Gasteiger partial charge < -0.3 is 5.73 Å². The van der Waals surface area contributed by atoms with Crippen molar-refractivity contribution in [3.05, 3.63) is 46.2 Å². The largest absolute Gasteiger partial charge is 0.321 e. The maximum atomic E-state index is 13.2. The molecule has 84 valence electrons. The van der Waals surface area contributed by atoms with Crippen molar-refractivity contribution in [2.75, 3.05) is 0 Å². The number of hydrogen-bond donors (Lipinski definition) is 2. The lowest BCUT2D eigenvalue weighted by Crippen LogP contribution is -2.15. The van der Waals surface area contributed by atoms with Gasteiger partial charge >= 0.3 is 0 Å². The van der Waals surface area contributed by atoms with E-state index in [1.54, 1.807) is 6.07 Å². The summed E-state index contributed by atoms with van der Waals surface area (Å²) in [6.45, 7) is 0. The number of aromatic amines is 1. The number of benzene rings is 1. The molecule has 1 atom stereocenters. The fourth-order valence-electron chi connectivity index (χ4n) is 1.43. The molecular formula is C10H10BrFN4. The summed E-state index contributed by atoms with van der Waals surface area (Å²) in [4.78, 5) is 3.96. The first kappa shape index (κ1) is 11.2. The van der Waals surface area contributed by atoms with E-state index in [-0.39, 0.29) is 11.9 Å². The van der Waals surface area contributed by atoms with Gasteiger partial charge in [0.15, 0.2) is 0 Å². The van der Waals surface area contributed by atoms with Gasteiger partial charge in [-0.1, -0.05) is 12.1 Å². The predicted octanol–water partition coefficient (Wildman–Crippen LogP) is 1.95. The van der Waals surface area contributed by atoms with E-state index < -0.39 is 0 Å². The quantitative estimate of drug-likeness (QED) is 0.905. The molecule has 1 heterocycles. The van der Waals surface area contributed by atoms with E-state index in [0.717, 1.165) is 5.56 Å². The SMILES string of the molecule is NC(Cc1cccc(F)c1Br)c1ncn[nH]1. The van der Waals surface area contributed by atoms with Gasteiger partial charge in [0, 0.05) is 0 Å². The zero-order valence-electron chi connectivity index (χ0n) is 8.32. The van der Waals surface area contributed by atoms with Gasteiger partial charge in [-0.3, -0.25) is 5.10 Å². The van der Waals surface area contributed by atoms with Crippen LogP contribution in [-0.4, -0.2) is 15.2 Å². The second-order valence-electron chi connectivity index (χ2n) is 3.39. The standard InChI is InChI=1S/C10H10BrFN4/c11-9-6(2-1-3-7(9)12)4-8(13)10-14-5-15-16-10/h1-3,5,8H,4,13H2,(H,14,15,16). The zero-order valence-corrected chi connectivity index (χ0v) is 9.91. The predicted molar refractivity (Wildman–Crippen MR) is 61.1 cm³/mol. The van der Waals surface area contributed by atoms with Gasteiger partial charge in [0.1, 0.15) is 18.0 Å². The molecule has 1 aromatic heterocycles. The van der Waals surface area contributed by atoms with Crippen LogP contribution in [-0.2, 0) is 6.42 Å². The number of nitrogens with zero attached hydrogens (tertiary/aromatic N) is 2. The molecule has 0 aliphatic heterocycles. The average molecular weight is 285 g/mol. The van der Waals surface area contributed by atoms with Crippen LogP contribution in [0.15, 0.2) is 29.0 Å². The molecular weight excluding hydrogens is 275 g/mol. The minimum atomic E-state index is -0.319. The Hall–Kier alpha value is -1.27. The first-order chi connectivity index (χ1) is 7.68. The summed E-state index contributed by atoms with van der Waals surface area (Å²) in [5.74, 6) is 0.304. The van der Waals surface area contributed by atoms with Crippen LogP contribution in [0.1, 0.15) is 17.4 Å². The molecule has 1 unspecified atom stereocenters. The molecule has 0 spiro atoms. The fourth-order valence-corrected chi connectivity index (χ4v) is 1.86. The fraction of sp³-hybridized carbons (Fsp3) is 0.200. The van der Waals surface area contributed by atoms with Crippen molar-refractivity contribution in [1.29, 1.82) is 0 Å². The Morgan fingerprint density at radius 2 is 2.31 bits per heavy atom. The van der Waals surface area contributed by atoms with E-state index in [1.165, 1.54) is 12.4 Å². The number of nitrogens with one attached hydrogen (secondary N) is 1. The molecule has 3 N–H and O–H groups in total. The molecule has 0 amide bonds. The van der Waals surface area contributed by atoms with E-state index in [0.29, 0.717) is 16.7 Å². The molecule has 0 bridgehead atoms. The van der Waals surface area contributed by atoms with E-state index in [9.17, 15) is 4.39 Å². The van der Waals surface area contributed by atoms with Crippen LogP contribution in [0.25, 0.3) is 0 Å². The highest BCUT2D eigenvalue weighted by molar-refractivity contribution is 9.10. The van der Waals surface area contributed by atoms with Gasteiger partial charge in [-0.2, -0.15) is 5.10 Å². The van der Waals surface area contributed by atoms with E-state index in [2.05, 4.69) is 31.1 Å². The van der Waals surface area contributed by atoms with Crippen LogP contribution in [0.5, 0.6) is 0 Å². The van der Waals surface area contributed by atoms with E-state index >= 15 is 0 Å². The Balaban J connectivity index is 2.18. The molecule has 0 aliphatic rings. The smallest absolute Gasteiger partial charge is 0.141 e. The van der Waals surface area contributed by atoms with Crippen molar-refractivity contribution in [3.63, 3.8) is 0 Å². The van der Waals surface area contributed by atoms with Crippen LogP contribution in [0.4, 0.5) is 4.39 Å². The van der Waals surface area contributed by atoms with Crippen molar-refractivity contribution < 1.29 is 4.39 Å². The molecule has 2 rings (SSSR count). The third-order valence-electron chi connectivity index (χ3n) is 2.26. The van der Waals surface area contributed by atoms with E-state index in [1.807, 2.05) is 6.07 Å². The van der Waals surface area contributed by atoms with Gasteiger partial charge in [0.2, 0.25) is 0 Å². The summed E-state index contributed by atoms with van der Waals surface area (Å²) < 4.78 is 13.7. The van der Waals surface area contributed by atoms with Gasteiger partial charge in [-0.05, 0) is 34.0 Å². The summed E-state index contributed by atoms with van der Waals surface area (Å²) in [6.07, 6.45) is 1.89. The normalized spacial score (nSPS) is 12.7. The van der Waals surface area contributed by atoms with Crippen molar-refractivity contribution in [1.82, 2.24) is 15.2 Å². The molecule has 0 radical (unpaired) electrons. The minimum Gasteiger partial charge on any atom is -0.321 e. The Bertz CT molecular complexity index is 472. The molecule has 2 aromatic rings. The molecule has 1 aromatic carbocycles. The Morgan fingerprint density at radius 3 is 3.00 bits per heavy atom. The Kier molecular flexibility index (Phi) is 3.31. The zero-order chi connectivity index (χ0) is 11.5. The van der Waals surface area contributed by atoms with Crippen LogP contribution < -0.4 is 5.73 Å². The lowest BCUT2D eigenvalue weighted by Gasteiger charge is -2.10. The lowest BCUT2D eigenvalue weighted by molar-refractivity contribution is 0.611. The molecule has 0 aliphatic carbocycles. The van der Waals surface area contributed by atoms with Crippen LogP contribution in [0, 0.1) is 5.82 Å². The topological polar surface area (TPSA) is 67.6 Å². The minimum absolute atomic E-state index is 0.290. The van der Waals surface area contributed by atoms with Gasteiger partial charge in [-0.15, -0.1) is 0 Å². The van der Waals surface area contributed by atoms with Gasteiger partial charge in [0.05, 0.1) is 10.5 Å². The second kappa shape index (κ2) is 4.71. The second-order valence-corrected chi connectivity index (χ2v) is 4.19. The Morgan fingerprint density at radius 1 is 1.50 bits per heavy atom. The summed E-state index contributed by atoms with van der Waals surface area (Å²) in [7, 11) is 0. The van der Waals surface area contributed by atoms with Crippen LogP contribution in [0.3, 0.4) is 0 Å². The third-order valence-corrected chi connectivity index (χ3v) is 3.14. The van der Waals surface area contributed by atoms with Crippen molar-refractivity contribution >= 4 is 15.9 Å². The number of rotatable bonds is 3. The summed E-state index contributed by atoms with van der Waals surface area (Å²) in [5.41, 5.74) is 6.72. The molecule has 6 heteroatoms. The number of halogens is 2. The third kappa shape index (κ3) is 2.28. The van der Waals surface area contributed by atoms with E-state index in [4.69, 9.17) is 5.73 Å². The maximum Gasteiger partial charge on any atom is 0.141 e. The first-order valence-electron chi connectivity index (χ1n) is 4.72. The van der Waals surface area contributed by atoms with Gasteiger partial charge in [0.25, 0.3) is 0 Å². The van der Waals surface area contributed by atoms with Crippen molar-refractivity contribution in [2.24, 2.45) is 5.73 Å². The number of H-pyrrole nitrogens is 1. The van der Waals surface area contributed by atoms with Crippen LogP contribution >= 0.6 is 15.9 Å². The first-order valence-corrected chi connectivity index (χ1v) is 5.51. The van der Waals surface area contributed by atoms with Gasteiger partial charge in [-0.25, -0.2) is 9.37 Å². The lowest BCUT2D eigenvalue weighted by atomic mass is 10.1. The highest BCUT2D eigenvalue weighted by Crippen LogP contribution is 2.23. The summed E-state index contributed by atoms with van der Waals surface area (Å²) in [5, 5.41) is 6.42. The summed E-state index contributed by atoms with van der Waals surface area (Å²) >= 11 is 3.20. The van der Waals surface area contributed by atoms with Crippen molar-refractivity contribution in [3.8, 4) is 0 Å². The molecule has 0 saturated heterocycles. The molecule has 0 saturated carbocycles. The van der Waals surface area contributed by atoms with Crippen molar-refractivity contribution in [2.45, 2.75) is 12.5 Å². The Labute approximate surface area is 100 Å². The van der Waals surface area contributed by atoms with Crippen LogP contribution in [0.2, 0.25) is 0 Å². The highest BCUT2D eigenvalue weighted by Gasteiger charge is 2.13. The monoisotopic (exact) mass is 284 g/mol. The number of nitrogens with two attached hydrogens (primary N) is 1. The molecule has 16 heavy (non-hydrogen) atoms. The highest BCUT2D eigenvalue weighted by atomic mass is 79.9. The maximum absolute atomic E-state index is 13.2. The molecule has 4 nitrogen and oxygen atoms in total. The molecule has 0 fully saturated rings. The number of aromatic nitrogens is 3.